The highest BCUT2D eigenvalue weighted by atomic mass is 16.6. The molecule has 75 heavy (non-hydrogen) atoms. The minimum absolute atomic E-state index is 0.0800. The Balaban J connectivity index is 4.22. The molecule has 0 fully saturated rings. The van der Waals surface area contributed by atoms with Crippen LogP contribution in [0.2, 0.25) is 0 Å². The maximum absolute atomic E-state index is 12.9. The summed E-state index contributed by atoms with van der Waals surface area (Å²) in [6.45, 7) is 6.49. The van der Waals surface area contributed by atoms with Crippen molar-refractivity contribution in [2.24, 2.45) is 0 Å². The Kier molecular flexibility index (Phi) is 61.2. The third-order valence-corrected chi connectivity index (χ3v) is 14.5. The van der Waals surface area contributed by atoms with Crippen LogP contribution in [0.15, 0.2) is 60.8 Å². The average molecular weight is 1050 g/mol. The summed E-state index contributed by atoms with van der Waals surface area (Å²) in [6.07, 6.45) is 81.0. The largest absolute Gasteiger partial charge is 0.462 e. The zero-order valence-corrected chi connectivity index (χ0v) is 50.1. The summed E-state index contributed by atoms with van der Waals surface area (Å²) in [5, 5.41) is 0. The lowest BCUT2D eigenvalue weighted by atomic mass is 10.0. The van der Waals surface area contributed by atoms with Crippen molar-refractivity contribution in [3.8, 4) is 0 Å². The number of hydrogen-bond donors (Lipinski definition) is 0. The standard InChI is InChI=1S/C69H124O6/c1-4-7-10-13-16-19-22-25-27-29-30-31-32-33-34-35-36-37-38-40-41-44-47-50-53-56-59-62-68(71)74-65-66(64-73-67(70)61-58-55-52-49-46-43-24-21-18-15-12-9-6-3)75-69(72)63-60-57-54-51-48-45-42-39-28-26-23-20-17-14-11-8-5-2/h8,11-12,15,17,20-21,24,26,28,66H,4-7,9-10,13-14,16,18-19,22-23,25,27,29-65H2,1-3H3/b11-8-,15-12-,20-17-,24-21-,28-26-. The van der Waals surface area contributed by atoms with E-state index in [4.69, 9.17) is 14.2 Å². The second kappa shape index (κ2) is 63.6. The smallest absolute Gasteiger partial charge is 0.306 e. The molecule has 0 heterocycles. The Morgan fingerprint density at radius 1 is 0.280 bits per heavy atom. The first-order valence-corrected chi connectivity index (χ1v) is 32.8. The lowest BCUT2D eigenvalue weighted by Gasteiger charge is -2.18. The highest BCUT2D eigenvalue weighted by Gasteiger charge is 2.19. The first kappa shape index (κ1) is 72.1. The van der Waals surface area contributed by atoms with Crippen LogP contribution in [0.4, 0.5) is 0 Å². The van der Waals surface area contributed by atoms with Crippen molar-refractivity contribution in [3.63, 3.8) is 0 Å². The molecule has 6 nitrogen and oxygen atoms in total. The van der Waals surface area contributed by atoms with Gasteiger partial charge < -0.3 is 14.2 Å². The van der Waals surface area contributed by atoms with Crippen LogP contribution >= 0.6 is 0 Å². The Morgan fingerprint density at radius 3 is 0.867 bits per heavy atom. The third kappa shape index (κ3) is 61.8. The van der Waals surface area contributed by atoms with Gasteiger partial charge in [0.1, 0.15) is 13.2 Å². The fourth-order valence-corrected chi connectivity index (χ4v) is 9.62. The summed E-state index contributed by atoms with van der Waals surface area (Å²) in [5.74, 6) is -0.888. The van der Waals surface area contributed by atoms with Gasteiger partial charge in [0.2, 0.25) is 0 Å². The highest BCUT2D eigenvalue weighted by Crippen LogP contribution is 2.18. The molecular weight excluding hydrogens is 925 g/mol. The van der Waals surface area contributed by atoms with Gasteiger partial charge >= 0.3 is 17.9 Å². The fraction of sp³-hybridized carbons (Fsp3) is 0.812. The van der Waals surface area contributed by atoms with Crippen LogP contribution in [0.25, 0.3) is 0 Å². The number of hydrogen-bond acceptors (Lipinski definition) is 6. The van der Waals surface area contributed by atoms with Crippen molar-refractivity contribution in [3.05, 3.63) is 60.8 Å². The van der Waals surface area contributed by atoms with Gasteiger partial charge in [-0.05, 0) is 77.0 Å². The van der Waals surface area contributed by atoms with Crippen molar-refractivity contribution in [1.82, 2.24) is 0 Å². The van der Waals surface area contributed by atoms with E-state index < -0.39 is 6.10 Å². The van der Waals surface area contributed by atoms with Crippen molar-refractivity contribution < 1.29 is 28.6 Å². The number of rotatable bonds is 60. The number of carbonyl (C=O) groups excluding carboxylic acids is 3. The quantitative estimate of drug-likeness (QED) is 0.0261. The Bertz CT molecular complexity index is 1340. The summed E-state index contributed by atoms with van der Waals surface area (Å²) in [4.78, 5) is 38.3. The van der Waals surface area contributed by atoms with E-state index in [1.54, 1.807) is 0 Å². The lowest BCUT2D eigenvalue weighted by molar-refractivity contribution is -0.167. The minimum Gasteiger partial charge on any atom is -0.462 e. The molecule has 0 aromatic rings. The molecule has 6 heteroatoms. The van der Waals surface area contributed by atoms with E-state index in [9.17, 15) is 14.4 Å². The molecule has 0 aliphatic rings. The van der Waals surface area contributed by atoms with Gasteiger partial charge in [-0.15, -0.1) is 0 Å². The second-order valence-corrected chi connectivity index (χ2v) is 22.0. The zero-order chi connectivity index (χ0) is 54.3. The number of allylic oxidation sites excluding steroid dienone is 10. The second-order valence-electron chi connectivity index (χ2n) is 22.0. The Hall–Kier alpha value is -2.89. The van der Waals surface area contributed by atoms with Crippen LogP contribution in [0.1, 0.15) is 342 Å². The minimum atomic E-state index is -0.785. The molecule has 0 bridgehead atoms. The van der Waals surface area contributed by atoms with Gasteiger partial charge in [-0.3, -0.25) is 14.4 Å². The zero-order valence-electron chi connectivity index (χ0n) is 50.1. The van der Waals surface area contributed by atoms with E-state index in [2.05, 4.69) is 81.5 Å². The van der Waals surface area contributed by atoms with Crippen LogP contribution in [-0.4, -0.2) is 37.2 Å². The molecular formula is C69H124O6. The van der Waals surface area contributed by atoms with Gasteiger partial charge in [0.05, 0.1) is 0 Å². The number of ether oxygens (including phenoxy) is 3. The molecule has 1 atom stereocenters. The molecule has 0 aromatic heterocycles. The molecule has 0 radical (unpaired) electrons. The number of carbonyl (C=O) groups is 3. The first-order chi connectivity index (χ1) is 37.0. The molecule has 0 rings (SSSR count). The van der Waals surface area contributed by atoms with Gasteiger partial charge in [0.25, 0.3) is 0 Å². The van der Waals surface area contributed by atoms with Crippen LogP contribution in [-0.2, 0) is 28.6 Å². The predicted octanol–water partition coefficient (Wildman–Crippen LogP) is 22.3. The summed E-state index contributed by atoms with van der Waals surface area (Å²) >= 11 is 0. The van der Waals surface area contributed by atoms with E-state index in [-0.39, 0.29) is 31.1 Å². The summed E-state index contributed by atoms with van der Waals surface area (Å²) in [5.41, 5.74) is 0. The summed E-state index contributed by atoms with van der Waals surface area (Å²) in [6, 6.07) is 0. The molecule has 436 valence electrons. The normalized spacial score (nSPS) is 12.4. The van der Waals surface area contributed by atoms with Crippen LogP contribution in [0, 0.1) is 0 Å². The number of esters is 3. The molecule has 0 aromatic carbocycles. The van der Waals surface area contributed by atoms with Gasteiger partial charge in [-0.2, -0.15) is 0 Å². The van der Waals surface area contributed by atoms with Crippen molar-refractivity contribution in [2.75, 3.05) is 13.2 Å². The van der Waals surface area contributed by atoms with E-state index in [0.717, 1.165) is 109 Å². The maximum Gasteiger partial charge on any atom is 0.306 e. The molecule has 1 unspecified atom stereocenters. The van der Waals surface area contributed by atoms with Crippen molar-refractivity contribution in [2.45, 2.75) is 348 Å². The fourth-order valence-electron chi connectivity index (χ4n) is 9.62. The van der Waals surface area contributed by atoms with Gasteiger partial charge in [-0.25, -0.2) is 0 Å². The van der Waals surface area contributed by atoms with Gasteiger partial charge in [0, 0.05) is 19.3 Å². The van der Waals surface area contributed by atoms with Gasteiger partial charge in [-0.1, -0.05) is 306 Å². The van der Waals surface area contributed by atoms with E-state index in [0.29, 0.717) is 19.3 Å². The highest BCUT2D eigenvalue weighted by molar-refractivity contribution is 5.71. The van der Waals surface area contributed by atoms with E-state index in [1.807, 2.05) is 0 Å². The Labute approximate surface area is 466 Å². The van der Waals surface area contributed by atoms with Crippen LogP contribution in [0.5, 0.6) is 0 Å². The average Bonchev–Trinajstić information content (AvgIpc) is 3.41. The molecule has 0 saturated carbocycles. The Morgan fingerprint density at radius 2 is 0.547 bits per heavy atom. The molecule has 0 N–H and O–H groups in total. The van der Waals surface area contributed by atoms with Crippen LogP contribution < -0.4 is 0 Å². The molecule has 0 saturated heterocycles. The monoisotopic (exact) mass is 1050 g/mol. The maximum atomic E-state index is 12.9. The lowest BCUT2D eigenvalue weighted by Crippen LogP contribution is -2.30. The van der Waals surface area contributed by atoms with Gasteiger partial charge in [0.15, 0.2) is 6.10 Å². The topological polar surface area (TPSA) is 78.9 Å². The summed E-state index contributed by atoms with van der Waals surface area (Å²) < 4.78 is 16.9. The number of unbranched alkanes of at least 4 members (excludes halogenated alkanes) is 39. The third-order valence-electron chi connectivity index (χ3n) is 14.5. The SMILES string of the molecule is CC/C=C\C/C=C\C/C=C\CCCCCCCCCC(=O)OC(COC(=O)CCCCCCC/C=C\C/C=C\CCC)COC(=O)CCCCCCCCCCCCCCCCCCCCCCCCCCCCC. The summed E-state index contributed by atoms with van der Waals surface area (Å²) in [7, 11) is 0. The first-order valence-electron chi connectivity index (χ1n) is 32.8. The molecule has 0 spiro atoms. The van der Waals surface area contributed by atoms with Crippen molar-refractivity contribution in [1.29, 1.82) is 0 Å². The van der Waals surface area contributed by atoms with E-state index >= 15 is 0 Å². The molecule has 0 aliphatic heterocycles. The molecule has 0 amide bonds. The predicted molar refractivity (Wildman–Crippen MR) is 325 cm³/mol. The van der Waals surface area contributed by atoms with Crippen LogP contribution in [0.3, 0.4) is 0 Å². The van der Waals surface area contributed by atoms with Crippen molar-refractivity contribution >= 4 is 17.9 Å². The molecule has 0 aliphatic carbocycles. The van der Waals surface area contributed by atoms with E-state index in [1.165, 1.54) is 193 Å².